The highest BCUT2D eigenvalue weighted by molar-refractivity contribution is 5.97. The molecule has 0 aromatic carbocycles. The van der Waals surface area contributed by atoms with E-state index in [0.29, 0.717) is 0 Å². The van der Waals surface area contributed by atoms with Crippen molar-refractivity contribution in [3.63, 3.8) is 0 Å². The minimum Gasteiger partial charge on any atom is -0.465 e. The Morgan fingerprint density at radius 1 is 1.42 bits per heavy atom. The van der Waals surface area contributed by atoms with Gasteiger partial charge in [0, 0.05) is 13.7 Å². The lowest BCUT2D eigenvalue weighted by molar-refractivity contribution is -0.143. The molecule has 0 spiro atoms. The number of nitrogens with zero attached hydrogens (tertiary/aromatic N) is 3. The van der Waals surface area contributed by atoms with Crippen LogP contribution in [0.5, 0.6) is 0 Å². The van der Waals surface area contributed by atoms with Crippen molar-refractivity contribution >= 4 is 17.7 Å². The molecule has 0 bridgehead atoms. The van der Waals surface area contributed by atoms with Crippen LogP contribution in [0.2, 0.25) is 0 Å². The molecule has 1 heterocycles. The molecule has 9 nitrogen and oxygen atoms in total. The van der Waals surface area contributed by atoms with Crippen LogP contribution in [0.25, 0.3) is 0 Å². The molecule has 0 unspecified atom stereocenters. The summed E-state index contributed by atoms with van der Waals surface area (Å²) in [6, 6.07) is 0. The number of rotatable bonds is 7. The van der Waals surface area contributed by atoms with Gasteiger partial charge in [0.25, 0.3) is 5.91 Å². The van der Waals surface area contributed by atoms with Gasteiger partial charge in [0.2, 0.25) is 11.5 Å². The quantitative estimate of drug-likeness (QED) is 0.647. The van der Waals surface area contributed by atoms with E-state index in [2.05, 4.69) is 14.9 Å². The fourth-order valence-corrected chi connectivity index (χ4v) is 1.31. The van der Waals surface area contributed by atoms with Crippen molar-refractivity contribution in [2.45, 2.75) is 6.92 Å². The molecule has 9 heteroatoms. The molecule has 1 amide bonds. The molecule has 19 heavy (non-hydrogen) atoms. The van der Waals surface area contributed by atoms with Gasteiger partial charge < -0.3 is 20.1 Å². The lowest BCUT2D eigenvalue weighted by Gasteiger charge is -2.19. The number of carbonyl (C=O) groups excluding carboxylic acids is 2. The van der Waals surface area contributed by atoms with Crippen LogP contribution in [0.1, 0.15) is 17.4 Å². The second-order valence-corrected chi connectivity index (χ2v) is 3.52. The molecule has 0 saturated carbocycles. The number of methoxy groups -OCH3 is 1. The molecular weight excluding hydrogens is 256 g/mol. The summed E-state index contributed by atoms with van der Waals surface area (Å²) in [5, 5.41) is 6.72. The van der Waals surface area contributed by atoms with Gasteiger partial charge in [-0.3, -0.25) is 9.59 Å². The van der Waals surface area contributed by atoms with Crippen molar-refractivity contribution in [3.05, 3.63) is 5.69 Å². The molecule has 2 N–H and O–H groups in total. The van der Waals surface area contributed by atoms with Crippen LogP contribution in [0, 0.1) is 0 Å². The fourth-order valence-electron chi connectivity index (χ4n) is 1.31. The van der Waals surface area contributed by atoms with Gasteiger partial charge in [0.1, 0.15) is 6.54 Å². The summed E-state index contributed by atoms with van der Waals surface area (Å²) < 4.78 is 14.0. The third-order valence-corrected chi connectivity index (χ3v) is 2.19. The highest BCUT2D eigenvalue weighted by atomic mass is 16.6. The number of carbonyl (C=O) groups is 2. The summed E-state index contributed by atoms with van der Waals surface area (Å²) in [7, 11) is 1.49. The number of hydrogen-bond acceptors (Lipinski definition) is 8. The van der Waals surface area contributed by atoms with E-state index < -0.39 is 11.9 Å². The minimum absolute atomic E-state index is 0.128. The average molecular weight is 272 g/mol. The zero-order chi connectivity index (χ0) is 14.3. The predicted octanol–water partition coefficient (Wildman–Crippen LogP) is -0.696. The number of nitrogens with two attached hydrogens (primary N) is 1. The number of nitrogen functional groups attached to an aromatic ring is 1. The van der Waals surface area contributed by atoms with Crippen molar-refractivity contribution in [2.24, 2.45) is 0 Å². The third-order valence-electron chi connectivity index (χ3n) is 2.19. The lowest BCUT2D eigenvalue weighted by Crippen LogP contribution is -2.39. The van der Waals surface area contributed by atoms with Crippen molar-refractivity contribution in [2.75, 3.05) is 39.1 Å². The van der Waals surface area contributed by atoms with Gasteiger partial charge in [-0.1, -0.05) is 0 Å². The predicted molar refractivity (Wildman–Crippen MR) is 63.1 cm³/mol. The molecule has 0 fully saturated rings. The van der Waals surface area contributed by atoms with Gasteiger partial charge in [-0.25, -0.2) is 4.63 Å². The van der Waals surface area contributed by atoms with Crippen LogP contribution in [-0.4, -0.2) is 60.5 Å². The van der Waals surface area contributed by atoms with Crippen molar-refractivity contribution < 1.29 is 23.7 Å². The summed E-state index contributed by atoms with van der Waals surface area (Å²) in [6.45, 7) is 2.15. The first-order valence-electron chi connectivity index (χ1n) is 5.62. The SMILES string of the molecule is CCOC(=O)CN(CCOC)C(=O)c1nonc1N. The number of anilines is 1. The molecule has 0 saturated heterocycles. The Hall–Kier alpha value is -2.16. The molecule has 1 aromatic rings. The normalized spacial score (nSPS) is 10.2. The number of esters is 1. The Morgan fingerprint density at radius 3 is 2.68 bits per heavy atom. The zero-order valence-corrected chi connectivity index (χ0v) is 10.8. The molecule has 1 aromatic heterocycles. The van der Waals surface area contributed by atoms with Crippen LogP contribution >= 0.6 is 0 Å². The largest absolute Gasteiger partial charge is 0.465 e. The lowest BCUT2D eigenvalue weighted by atomic mass is 10.3. The molecule has 0 aliphatic carbocycles. The molecule has 0 aliphatic heterocycles. The third kappa shape index (κ3) is 4.21. The van der Waals surface area contributed by atoms with E-state index in [0.717, 1.165) is 0 Å². The number of amides is 1. The van der Waals surface area contributed by atoms with E-state index in [4.69, 9.17) is 15.2 Å². The van der Waals surface area contributed by atoms with Gasteiger partial charge >= 0.3 is 5.97 Å². The van der Waals surface area contributed by atoms with Crippen molar-refractivity contribution in [1.29, 1.82) is 0 Å². The summed E-state index contributed by atoms with van der Waals surface area (Å²) in [6.07, 6.45) is 0. The minimum atomic E-state index is -0.566. The topological polar surface area (TPSA) is 121 Å². The molecule has 0 radical (unpaired) electrons. The van der Waals surface area contributed by atoms with E-state index in [1.165, 1.54) is 12.0 Å². The van der Waals surface area contributed by atoms with Crippen LogP contribution < -0.4 is 5.73 Å². The first-order valence-corrected chi connectivity index (χ1v) is 5.62. The van der Waals surface area contributed by atoms with E-state index in [9.17, 15) is 9.59 Å². The van der Waals surface area contributed by atoms with Crippen molar-refractivity contribution in [3.8, 4) is 0 Å². The maximum absolute atomic E-state index is 12.1. The standard InChI is InChI=1S/C10H16N4O5/c1-3-18-7(15)6-14(4-5-17-2)10(16)8-9(11)13-19-12-8/h3-6H2,1-2H3,(H2,11,13). The molecule has 0 atom stereocenters. The van der Waals surface area contributed by atoms with Crippen LogP contribution in [0.4, 0.5) is 5.82 Å². The smallest absolute Gasteiger partial charge is 0.325 e. The maximum atomic E-state index is 12.1. The molecular formula is C10H16N4O5. The van der Waals surface area contributed by atoms with E-state index >= 15 is 0 Å². The van der Waals surface area contributed by atoms with E-state index in [1.807, 2.05) is 0 Å². The first kappa shape index (κ1) is 14.9. The number of ether oxygens (including phenoxy) is 2. The Kier molecular flexibility index (Phi) is 5.73. The van der Waals surface area contributed by atoms with Crippen LogP contribution in [0.3, 0.4) is 0 Å². The molecule has 0 aliphatic rings. The van der Waals surface area contributed by atoms with Crippen LogP contribution in [0.15, 0.2) is 4.63 Å². The summed E-state index contributed by atoms with van der Waals surface area (Å²) >= 11 is 0. The van der Waals surface area contributed by atoms with Gasteiger partial charge in [0.05, 0.1) is 13.2 Å². The number of aromatic nitrogens is 2. The highest BCUT2D eigenvalue weighted by Crippen LogP contribution is 2.08. The van der Waals surface area contributed by atoms with Crippen LogP contribution in [-0.2, 0) is 14.3 Å². The summed E-state index contributed by atoms with van der Waals surface area (Å²) in [5.74, 6) is -1.22. The highest BCUT2D eigenvalue weighted by Gasteiger charge is 2.24. The van der Waals surface area contributed by atoms with Gasteiger partial charge in [0.15, 0.2) is 0 Å². The Bertz CT molecular complexity index is 433. The van der Waals surface area contributed by atoms with Crippen molar-refractivity contribution in [1.82, 2.24) is 15.2 Å². The Morgan fingerprint density at radius 2 is 2.16 bits per heavy atom. The van der Waals surface area contributed by atoms with Gasteiger partial charge in [-0.15, -0.1) is 0 Å². The molecule has 1 rings (SSSR count). The average Bonchev–Trinajstić information content (AvgIpc) is 2.80. The summed E-state index contributed by atoms with van der Waals surface area (Å²) in [4.78, 5) is 24.7. The Labute approximate surface area is 109 Å². The summed E-state index contributed by atoms with van der Waals surface area (Å²) in [5.41, 5.74) is 5.30. The second kappa shape index (κ2) is 7.31. The zero-order valence-electron chi connectivity index (χ0n) is 10.8. The van der Waals surface area contributed by atoms with Gasteiger partial charge in [-0.05, 0) is 17.2 Å². The first-order chi connectivity index (χ1) is 9.10. The maximum Gasteiger partial charge on any atom is 0.325 e. The van der Waals surface area contributed by atoms with E-state index in [1.54, 1.807) is 6.92 Å². The van der Waals surface area contributed by atoms with E-state index in [-0.39, 0.29) is 37.8 Å². The number of hydrogen-bond donors (Lipinski definition) is 1. The Balaban J connectivity index is 2.75. The second-order valence-electron chi connectivity index (χ2n) is 3.52. The monoisotopic (exact) mass is 272 g/mol. The van der Waals surface area contributed by atoms with Gasteiger partial charge in [-0.2, -0.15) is 0 Å². The fraction of sp³-hybridized carbons (Fsp3) is 0.600. The molecule has 106 valence electrons.